The van der Waals surface area contributed by atoms with Crippen LogP contribution in [-0.2, 0) is 6.18 Å². The van der Waals surface area contributed by atoms with Crippen molar-refractivity contribution < 1.29 is 17.9 Å². The molecule has 0 radical (unpaired) electrons. The van der Waals surface area contributed by atoms with Gasteiger partial charge in [-0.05, 0) is 74.2 Å². The Morgan fingerprint density at radius 1 is 0.875 bits per heavy atom. The topological polar surface area (TPSA) is 59.1 Å². The Morgan fingerprint density at radius 3 is 2.16 bits per heavy atom. The molecule has 0 spiro atoms. The van der Waals surface area contributed by atoms with Crippen molar-refractivity contribution in [1.82, 2.24) is 9.97 Å². The largest absolute Gasteiger partial charge is 0.490 e. The third kappa shape index (κ3) is 5.91. The monoisotopic (exact) mass is 506 g/mol. The van der Waals surface area contributed by atoms with Gasteiger partial charge in [0.05, 0.1) is 6.10 Å². The van der Waals surface area contributed by atoms with Crippen LogP contribution in [0.15, 0.2) is 59.2 Å². The van der Waals surface area contributed by atoms with Gasteiger partial charge in [-0.1, -0.05) is 22.4 Å². The van der Waals surface area contributed by atoms with Crippen LogP contribution in [0, 0.1) is 0 Å². The number of nitrogens with one attached hydrogen (secondary N) is 2. The fraction of sp³-hybridized carbons (Fsp3) is 0.304. The Morgan fingerprint density at radius 2 is 1.50 bits per heavy atom. The number of anilines is 4. The Bertz CT molecular complexity index is 1040. The molecule has 1 aromatic heterocycles. The van der Waals surface area contributed by atoms with E-state index in [9.17, 15) is 13.2 Å². The average Bonchev–Trinajstić information content (AvgIpc) is 2.77. The lowest BCUT2D eigenvalue weighted by Gasteiger charge is -2.23. The molecule has 9 heteroatoms. The lowest BCUT2D eigenvalue weighted by molar-refractivity contribution is -0.137. The Labute approximate surface area is 192 Å². The van der Waals surface area contributed by atoms with Crippen LogP contribution in [0.2, 0.25) is 0 Å². The van der Waals surface area contributed by atoms with Crippen molar-refractivity contribution in [3.05, 3.63) is 64.8 Å². The average molecular weight is 507 g/mol. The first-order chi connectivity index (χ1) is 15.4. The van der Waals surface area contributed by atoms with Crippen molar-refractivity contribution in [2.75, 3.05) is 10.6 Å². The SMILES string of the molecule is FC(F)(F)c1cnc(Nc2ccc(Br)cc2)nc1Nc1ccc(OC2CCCCC2)cc1. The first-order valence-electron chi connectivity index (χ1n) is 10.4. The van der Waals surface area contributed by atoms with Crippen LogP contribution >= 0.6 is 15.9 Å². The maximum atomic E-state index is 13.5. The highest BCUT2D eigenvalue weighted by atomic mass is 79.9. The van der Waals surface area contributed by atoms with E-state index in [0.717, 1.165) is 36.4 Å². The van der Waals surface area contributed by atoms with E-state index in [0.29, 0.717) is 17.1 Å². The third-order valence-electron chi connectivity index (χ3n) is 5.17. The van der Waals surface area contributed by atoms with Gasteiger partial charge in [0.1, 0.15) is 17.1 Å². The number of benzene rings is 2. The maximum absolute atomic E-state index is 13.5. The highest BCUT2D eigenvalue weighted by Crippen LogP contribution is 2.35. The Kier molecular flexibility index (Phi) is 6.83. The van der Waals surface area contributed by atoms with Gasteiger partial charge in [-0.2, -0.15) is 18.2 Å². The van der Waals surface area contributed by atoms with E-state index >= 15 is 0 Å². The number of aromatic nitrogens is 2. The van der Waals surface area contributed by atoms with Gasteiger partial charge in [0, 0.05) is 22.0 Å². The number of ether oxygens (including phenoxy) is 1. The van der Waals surface area contributed by atoms with E-state index < -0.39 is 11.7 Å². The molecular weight excluding hydrogens is 485 g/mol. The van der Waals surface area contributed by atoms with Crippen LogP contribution in [0.4, 0.5) is 36.3 Å². The Hall–Kier alpha value is -2.81. The summed E-state index contributed by atoms with van der Waals surface area (Å²) in [6.07, 6.45) is 2.01. The normalized spacial score (nSPS) is 14.8. The number of nitrogens with zero attached hydrogens (tertiary/aromatic N) is 2. The molecule has 0 atom stereocenters. The molecule has 0 unspecified atom stereocenters. The molecule has 1 aliphatic carbocycles. The van der Waals surface area contributed by atoms with E-state index in [1.54, 1.807) is 36.4 Å². The van der Waals surface area contributed by atoms with Crippen molar-refractivity contribution in [3.8, 4) is 5.75 Å². The van der Waals surface area contributed by atoms with E-state index in [1.807, 2.05) is 12.1 Å². The summed E-state index contributed by atoms with van der Waals surface area (Å²) in [5.41, 5.74) is 0.185. The van der Waals surface area contributed by atoms with Crippen LogP contribution in [0.3, 0.4) is 0 Å². The molecular formula is C23H22BrF3N4O. The molecule has 4 rings (SSSR count). The zero-order valence-corrected chi connectivity index (χ0v) is 18.7. The summed E-state index contributed by atoms with van der Waals surface area (Å²) in [6, 6.07) is 14.0. The minimum Gasteiger partial charge on any atom is -0.490 e. The summed E-state index contributed by atoms with van der Waals surface area (Å²) >= 11 is 3.34. The molecule has 1 saturated carbocycles. The molecule has 1 fully saturated rings. The first kappa shape index (κ1) is 22.4. The molecule has 2 aromatic carbocycles. The molecule has 0 bridgehead atoms. The van der Waals surface area contributed by atoms with Gasteiger partial charge >= 0.3 is 6.18 Å². The van der Waals surface area contributed by atoms with Gasteiger partial charge in [0.2, 0.25) is 5.95 Å². The molecule has 0 aliphatic heterocycles. The lowest BCUT2D eigenvalue weighted by Crippen LogP contribution is -2.19. The molecule has 32 heavy (non-hydrogen) atoms. The van der Waals surface area contributed by atoms with Crippen LogP contribution in [-0.4, -0.2) is 16.1 Å². The second kappa shape index (κ2) is 9.77. The second-order valence-corrected chi connectivity index (χ2v) is 8.53. The van der Waals surface area contributed by atoms with Crippen LogP contribution < -0.4 is 15.4 Å². The number of alkyl halides is 3. The quantitative estimate of drug-likeness (QED) is 0.363. The summed E-state index contributed by atoms with van der Waals surface area (Å²) in [4.78, 5) is 7.90. The second-order valence-electron chi connectivity index (χ2n) is 7.61. The summed E-state index contributed by atoms with van der Waals surface area (Å²) in [6.45, 7) is 0. The van der Waals surface area contributed by atoms with Gasteiger partial charge < -0.3 is 15.4 Å². The predicted molar refractivity (Wildman–Crippen MR) is 122 cm³/mol. The van der Waals surface area contributed by atoms with E-state index in [2.05, 4.69) is 36.5 Å². The number of hydrogen-bond acceptors (Lipinski definition) is 5. The first-order valence-corrected chi connectivity index (χ1v) is 11.2. The van der Waals surface area contributed by atoms with Gasteiger partial charge in [-0.15, -0.1) is 0 Å². The smallest absolute Gasteiger partial charge is 0.421 e. The predicted octanol–water partition coefficient (Wildman–Crippen LogP) is 7.46. The van der Waals surface area contributed by atoms with Crippen LogP contribution in [0.5, 0.6) is 5.75 Å². The molecule has 5 nitrogen and oxygen atoms in total. The number of halogens is 4. The molecule has 168 valence electrons. The Balaban J connectivity index is 1.52. The van der Waals surface area contributed by atoms with E-state index in [-0.39, 0.29) is 17.9 Å². The highest BCUT2D eigenvalue weighted by Gasteiger charge is 2.35. The maximum Gasteiger partial charge on any atom is 0.421 e. The number of hydrogen-bond donors (Lipinski definition) is 2. The summed E-state index contributed by atoms with van der Waals surface area (Å²) in [5.74, 6) is 0.437. The van der Waals surface area contributed by atoms with Gasteiger partial charge in [0.15, 0.2) is 0 Å². The molecule has 1 aliphatic rings. The van der Waals surface area contributed by atoms with E-state index in [4.69, 9.17) is 4.74 Å². The summed E-state index contributed by atoms with van der Waals surface area (Å²) < 4.78 is 47.4. The highest BCUT2D eigenvalue weighted by molar-refractivity contribution is 9.10. The standard InChI is InChI=1S/C23H22BrF3N4O/c24-15-6-8-17(9-7-15)30-22-28-14-20(23(25,26)27)21(31-22)29-16-10-12-19(13-11-16)32-18-4-2-1-3-5-18/h6-14,18H,1-5H2,(H2,28,29,30,31). The molecule has 2 N–H and O–H groups in total. The van der Waals surface area contributed by atoms with Gasteiger partial charge in [0.25, 0.3) is 0 Å². The van der Waals surface area contributed by atoms with Gasteiger partial charge in [-0.25, -0.2) is 4.98 Å². The van der Waals surface area contributed by atoms with E-state index in [1.165, 1.54) is 6.42 Å². The zero-order valence-electron chi connectivity index (χ0n) is 17.1. The summed E-state index contributed by atoms with van der Waals surface area (Å²) in [5, 5.41) is 5.69. The number of rotatable bonds is 6. The van der Waals surface area contributed by atoms with Crippen molar-refractivity contribution in [2.24, 2.45) is 0 Å². The van der Waals surface area contributed by atoms with Crippen LogP contribution in [0.1, 0.15) is 37.7 Å². The molecule has 0 amide bonds. The molecule has 1 heterocycles. The lowest BCUT2D eigenvalue weighted by atomic mass is 9.98. The minimum absolute atomic E-state index is 0.0556. The van der Waals surface area contributed by atoms with Crippen molar-refractivity contribution >= 4 is 39.1 Å². The van der Waals surface area contributed by atoms with Crippen molar-refractivity contribution in [2.45, 2.75) is 44.4 Å². The molecule has 0 saturated heterocycles. The van der Waals surface area contributed by atoms with Gasteiger partial charge in [-0.3, -0.25) is 0 Å². The third-order valence-corrected chi connectivity index (χ3v) is 5.70. The summed E-state index contributed by atoms with van der Waals surface area (Å²) in [7, 11) is 0. The fourth-order valence-corrected chi connectivity index (χ4v) is 3.80. The molecule has 3 aromatic rings. The van der Waals surface area contributed by atoms with Crippen molar-refractivity contribution in [1.29, 1.82) is 0 Å². The van der Waals surface area contributed by atoms with Crippen LogP contribution in [0.25, 0.3) is 0 Å². The minimum atomic E-state index is -4.59. The zero-order chi connectivity index (χ0) is 22.6. The fourth-order valence-electron chi connectivity index (χ4n) is 3.54. The van der Waals surface area contributed by atoms with Crippen molar-refractivity contribution in [3.63, 3.8) is 0 Å².